The standard InChI is InChI=1S/C12H24O4Si.C9H23NO3Si.C6H16O2SSi/c1-6-15-17(5,16-7-2)10-8-9-14-12(13)11(3)4;1-4-11-14(12-5-2,13-6-3)9-7-8-10;1-7-10(3,8-2)6-4-5-9/h3,6-10H2,1-2,4-5H3;4-10H2,1-3H3;9H,4-6H2,1-3H3. The highest BCUT2D eigenvalue weighted by atomic mass is 32.1. The smallest absolute Gasteiger partial charge is 0.462 e. The van der Waals surface area contributed by atoms with Gasteiger partial charge in [-0.15, -0.1) is 0 Å². The Hall–Kier alpha value is -0.109. The van der Waals surface area contributed by atoms with E-state index in [4.69, 9.17) is 41.5 Å². The molecule has 0 aliphatic carbocycles. The molecule has 0 saturated heterocycles. The molecule has 0 bridgehead atoms. The summed E-state index contributed by atoms with van der Waals surface area (Å²) in [6, 6.07) is 2.68. The van der Waals surface area contributed by atoms with E-state index < -0.39 is 25.9 Å². The van der Waals surface area contributed by atoms with E-state index in [1.807, 2.05) is 41.2 Å². The second-order valence-corrected chi connectivity index (χ2v) is 19.4. The average molecular weight is 662 g/mol. The minimum Gasteiger partial charge on any atom is -0.462 e. The molecule has 10 nitrogen and oxygen atoms in total. The highest BCUT2D eigenvalue weighted by Crippen LogP contribution is 2.18. The van der Waals surface area contributed by atoms with Gasteiger partial charge in [0.05, 0.1) is 6.61 Å². The van der Waals surface area contributed by atoms with Crippen molar-refractivity contribution in [1.29, 1.82) is 0 Å². The van der Waals surface area contributed by atoms with Crippen LogP contribution in [0, 0.1) is 0 Å². The van der Waals surface area contributed by atoms with E-state index in [1.165, 1.54) is 0 Å². The lowest BCUT2D eigenvalue weighted by Crippen LogP contribution is -2.46. The Morgan fingerprint density at radius 2 is 1.17 bits per heavy atom. The molecule has 2 N–H and O–H groups in total. The fourth-order valence-electron chi connectivity index (χ4n) is 3.49. The predicted molar refractivity (Wildman–Crippen MR) is 178 cm³/mol. The van der Waals surface area contributed by atoms with E-state index in [0.29, 0.717) is 51.8 Å². The first kappa shape index (κ1) is 45.3. The topological polar surface area (TPSA) is 117 Å². The zero-order chi connectivity index (χ0) is 32.2. The van der Waals surface area contributed by atoms with Crippen molar-refractivity contribution < 1.29 is 40.5 Å². The van der Waals surface area contributed by atoms with E-state index in [0.717, 1.165) is 43.1 Å². The van der Waals surface area contributed by atoms with Crippen molar-refractivity contribution in [1.82, 2.24) is 0 Å². The van der Waals surface area contributed by atoms with E-state index >= 15 is 0 Å². The first-order valence-electron chi connectivity index (χ1n) is 14.8. The summed E-state index contributed by atoms with van der Waals surface area (Å²) in [5.74, 6) is 0.580. The van der Waals surface area contributed by atoms with Crippen LogP contribution in [0.4, 0.5) is 0 Å². The number of carbonyl (C=O) groups is 1. The van der Waals surface area contributed by atoms with Gasteiger partial charge in [0.25, 0.3) is 0 Å². The summed E-state index contributed by atoms with van der Waals surface area (Å²) in [5.41, 5.74) is 5.91. The predicted octanol–water partition coefficient (Wildman–Crippen LogP) is 5.70. The van der Waals surface area contributed by atoms with Crippen LogP contribution in [0.2, 0.25) is 31.2 Å². The summed E-state index contributed by atoms with van der Waals surface area (Å²) in [4.78, 5) is 11.1. The lowest BCUT2D eigenvalue weighted by Gasteiger charge is -2.28. The maximum absolute atomic E-state index is 11.1. The zero-order valence-electron chi connectivity index (χ0n) is 27.8. The highest BCUT2D eigenvalue weighted by Gasteiger charge is 2.39. The van der Waals surface area contributed by atoms with E-state index in [1.54, 1.807) is 21.1 Å². The van der Waals surface area contributed by atoms with Crippen LogP contribution in [-0.4, -0.2) is 98.1 Å². The Balaban J connectivity index is -0.000000547. The molecule has 0 fully saturated rings. The van der Waals surface area contributed by atoms with Gasteiger partial charge in [-0.1, -0.05) is 6.58 Å². The van der Waals surface area contributed by atoms with Gasteiger partial charge in [0.1, 0.15) is 0 Å². The largest absolute Gasteiger partial charge is 0.500 e. The highest BCUT2D eigenvalue weighted by molar-refractivity contribution is 7.80. The molecule has 0 aromatic rings. The summed E-state index contributed by atoms with van der Waals surface area (Å²) in [5, 5.41) is 0. The fourth-order valence-corrected chi connectivity index (χ4v) is 10.4. The molecule has 0 unspecified atom stereocenters. The van der Waals surface area contributed by atoms with Crippen LogP contribution in [0.15, 0.2) is 12.2 Å². The molecule has 248 valence electrons. The van der Waals surface area contributed by atoms with E-state index in [9.17, 15) is 4.79 Å². The molecule has 0 atom stereocenters. The Labute approximate surface area is 260 Å². The van der Waals surface area contributed by atoms with Crippen LogP contribution in [0.3, 0.4) is 0 Å². The fraction of sp³-hybridized carbons (Fsp3) is 0.889. The summed E-state index contributed by atoms with van der Waals surface area (Å²) < 4.78 is 43.9. The third-order valence-electron chi connectivity index (χ3n) is 5.69. The second kappa shape index (κ2) is 28.6. The number of hydrogen-bond acceptors (Lipinski definition) is 11. The first-order valence-corrected chi connectivity index (χ1v) is 22.4. The minimum absolute atomic E-state index is 0.332. The molecule has 0 aromatic carbocycles. The summed E-state index contributed by atoms with van der Waals surface area (Å²) in [6.07, 6.45) is 2.74. The van der Waals surface area contributed by atoms with Gasteiger partial charge in [-0.3, -0.25) is 0 Å². The van der Waals surface area contributed by atoms with Gasteiger partial charge in [0, 0.05) is 58.9 Å². The van der Waals surface area contributed by atoms with Crippen LogP contribution in [0.5, 0.6) is 0 Å². The molecule has 0 heterocycles. The lowest BCUT2D eigenvalue weighted by molar-refractivity contribution is -0.138. The van der Waals surface area contributed by atoms with Crippen molar-refractivity contribution in [2.45, 2.75) is 92.0 Å². The molecule has 0 aliphatic heterocycles. The Morgan fingerprint density at radius 3 is 1.51 bits per heavy atom. The van der Waals surface area contributed by atoms with Gasteiger partial charge < -0.3 is 41.5 Å². The van der Waals surface area contributed by atoms with E-state index in [2.05, 4.69) is 25.8 Å². The van der Waals surface area contributed by atoms with Crippen molar-refractivity contribution in [2.24, 2.45) is 5.73 Å². The molecular formula is C27H63NO9SSi3. The van der Waals surface area contributed by atoms with Crippen LogP contribution >= 0.6 is 12.6 Å². The Kier molecular flexibility index (Phi) is 31.7. The molecule has 0 aromatic heterocycles. The lowest BCUT2D eigenvalue weighted by atomic mass is 10.4. The zero-order valence-corrected chi connectivity index (χ0v) is 31.7. The summed E-state index contributed by atoms with van der Waals surface area (Å²) >= 11 is 4.12. The third kappa shape index (κ3) is 25.0. The maximum Gasteiger partial charge on any atom is 0.500 e. The molecule has 0 saturated carbocycles. The van der Waals surface area contributed by atoms with Crippen molar-refractivity contribution in [3.63, 3.8) is 0 Å². The first-order chi connectivity index (χ1) is 19.4. The number of rotatable bonds is 23. The number of ether oxygens (including phenoxy) is 1. The normalized spacial score (nSPS) is 11.7. The SMILES string of the molecule is C=C(C)C(=O)OCCC[Si](C)(OCC)OCC.CCO[Si](CCCN)(OCC)OCC.CO[Si](C)(CCCS)OC. The quantitative estimate of drug-likeness (QED) is 0.0465. The van der Waals surface area contributed by atoms with E-state index in [-0.39, 0.29) is 5.97 Å². The van der Waals surface area contributed by atoms with Crippen molar-refractivity contribution in [3.05, 3.63) is 12.2 Å². The number of thiol groups is 1. The third-order valence-corrected chi connectivity index (χ3v) is 15.2. The van der Waals surface area contributed by atoms with Gasteiger partial charge in [-0.25, -0.2) is 4.79 Å². The number of esters is 1. The minimum atomic E-state index is -2.40. The van der Waals surface area contributed by atoms with Crippen molar-refractivity contribution in [3.8, 4) is 0 Å². The molecule has 0 spiro atoms. The average Bonchev–Trinajstić information content (AvgIpc) is 2.94. The number of carbonyl (C=O) groups excluding carboxylic acids is 1. The van der Waals surface area contributed by atoms with Gasteiger partial charge in [0.15, 0.2) is 0 Å². The van der Waals surface area contributed by atoms with Gasteiger partial charge in [0.2, 0.25) is 0 Å². The molecule has 41 heavy (non-hydrogen) atoms. The van der Waals surface area contributed by atoms with Crippen molar-refractivity contribution in [2.75, 3.05) is 66.2 Å². The van der Waals surface area contributed by atoms with Crippen LogP contribution in [0.1, 0.15) is 60.8 Å². The van der Waals surface area contributed by atoms with Crippen LogP contribution in [-0.2, 0) is 40.5 Å². The summed E-state index contributed by atoms with van der Waals surface area (Å²) in [6.45, 7) is 23.4. The van der Waals surface area contributed by atoms with Crippen LogP contribution < -0.4 is 5.73 Å². The van der Waals surface area contributed by atoms with Gasteiger partial charge in [-0.2, -0.15) is 12.6 Å². The van der Waals surface area contributed by atoms with Gasteiger partial charge in [-0.05, 0) is 98.3 Å². The number of hydrogen-bond donors (Lipinski definition) is 2. The molecule has 0 aliphatic rings. The number of nitrogens with two attached hydrogens (primary N) is 1. The van der Waals surface area contributed by atoms with Crippen molar-refractivity contribution >= 4 is 44.5 Å². The maximum atomic E-state index is 11.1. The Morgan fingerprint density at radius 1 is 0.732 bits per heavy atom. The summed E-state index contributed by atoms with van der Waals surface area (Å²) in [7, 11) is -2.79. The van der Waals surface area contributed by atoms with Gasteiger partial charge >= 0.3 is 31.9 Å². The molecule has 0 amide bonds. The second-order valence-electron chi connectivity index (χ2n) is 9.26. The Bertz CT molecular complexity index is 610. The molecular weight excluding hydrogens is 599 g/mol. The molecule has 0 rings (SSSR count). The van der Waals surface area contributed by atoms with Crippen LogP contribution in [0.25, 0.3) is 0 Å². The molecule has 0 radical (unpaired) electrons. The monoisotopic (exact) mass is 661 g/mol. The molecule has 14 heteroatoms.